The molecule has 20 heavy (non-hydrogen) atoms. The van der Waals surface area contributed by atoms with E-state index in [1.54, 1.807) is 4.90 Å². The number of aliphatic hydroxyl groups excluding tert-OH is 1. The molecule has 2 rings (SSSR count). The van der Waals surface area contributed by atoms with Crippen LogP contribution in [0.1, 0.15) is 26.2 Å². The number of hydrogen-bond acceptors (Lipinski definition) is 2. The van der Waals surface area contributed by atoms with E-state index < -0.39 is 0 Å². The van der Waals surface area contributed by atoms with Gasteiger partial charge in [0.2, 0.25) is 0 Å². The second kappa shape index (κ2) is 10.5. The van der Waals surface area contributed by atoms with E-state index >= 15 is 0 Å². The maximum absolute atomic E-state index is 9.81. The molecule has 0 fully saturated rings. The van der Waals surface area contributed by atoms with E-state index in [1.165, 1.54) is 18.4 Å². The number of unbranched alkanes of at least 4 members (excludes halogenated alkanes) is 1. The molecule has 0 saturated carbocycles. The van der Waals surface area contributed by atoms with Crippen molar-refractivity contribution in [2.24, 2.45) is 0 Å². The first-order valence-corrected chi connectivity index (χ1v) is 6.81. The van der Waals surface area contributed by atoms with Gasteiger partial charge in [-0.25, -0.2) is 12.1 Å². The molecule has 0 atom stereocenters. The topological polar surface area (TPSA) is 23.5 Å². The van der Waals surface area contributed by atoms with Gasteiger partial charge >= 0.3 is 0 Å². The Balaban J connectivity index is 0.000000507. The minimum Gasteiger partial charge on any atom is -0.494 e. The molecule has 1 aliphatic rings. The standard InChI is InChI=1S/C12H19NO.C5H5.Fe/c1-4-5-7-10-8-6-9-11(10)12(14)13(2)3;1-2-4-5-3-1;/h6,8-9,14H,4-5,7H2,1-3H3;1-5H;/q;-1;/b12-11-;;. The summed E-state index contributed by atoms with van der Waals surface area (Å²) >= 11 is 0. The molecule has 1 N–H and O–H groups in total. The van der Waals surface area contributed by atoms with Crippen LogP contribution in [0, 0.1) is 0 Å². The van der Waals surface area contributed by atoms with Gasteiger partial charge in [0.1, 0.15) is 0 Å². The van der Waals surface area contributed by atoms with Gasteiger partial charge in [0.05, 0.1) is 0 Å². The molecule has 0 bridgehead atoms. The fourth-order valence-electron chi connectivity index (χ4n) is 1.82. The Kier molecular flexibility index (Phi) is 9.79. The van der Waals surface area contributed by atoms with Crippen LogP contribution in [-0.4, -0.2) is 24.1 Å². The summed E-state index contributed by atoms with van der Waals surface area (Å²) in [6.45, 7) is 2.18. The van der Waals surface area contributed by atoms with Crippen molar-refractivity contribution in [3.05, 3.63) is 65.6 Å². The third kappa shape index (κ3) is 6.23. The number of allylic oxidation sites excluding steroid dienone is 5. The zero-order chi connectivity index (χ0) is 14.1. The quantitative estimate of drug-likeness (QED) is 0.505. The summed E-state index contributed by atoms with van der Waals surface area (Å²) in [5.41, 5.74) is 2.22. The van der Waals surface area contributed by atoms with Gasteiger partial charge in [-0.2, -0.15) is 18.2 Å². The van der Waals surface area contributed by atoms with Crippen molar-refractivity contribution >= 4 is 0 Å². The molecule has 0 radical (unpaired) electrons. The molecule has 3 heteroatoms. The molecule has 0 amide bonds. The van der Waals surface area contributed by atoms with E-state index in [2.05, 4.69) is 13.0 Å². The van der Waals surface area contributed by atoms with Crippen molar-refractivity contribution < 1.29 is 22.2 Å². The Morgan fingerprint density at radius 2 is 1.90 bits per heavy atom. The summed E-state index contributed by atoms with van der Waals surface area (Å²) in [5, 5.41) is 9.81. The number of hydrogen-bond donors (Lipinski definition) is 1. The van der Waals surface area contributed by atoms with E-state index in [-0.39, 0.29) is 17.1 Å². The van der Waals surface area contributed by atoms with E-state index in [1.807, 2.05) is 56.6 Å². The second-order valence-electron chi connectivity index (χ2n) is 4.75. The zero-order valence-corrected chi connectivity index (χ0v) is 13.6. The SMILES string of the molecule is CCCCC1=CC=C/C1=C(/O)N(C)C.[Fe].c1cc[cH-]c1. The number of nitrogens with zero attached hydrogens (tertiary/aromatic N) is 1. The van der Waals surface area contributed by atoms with Gasteiger partial charge in [-0.3, -0.25) is 0 Å². The van der Waals surface area contributed by atoms with Gasteiger partial charge in [0.25, 0.3) is 0 Å². The largest absolute Gasteiger partial charge is 0.494 e. The fraction of sp³-hybridized carbons (Fsp3) is 0.353. The molecular formula is C17H24FeNO-. The third-order valence-corrected chi connectivity index (χ3v) is 2.93. The van der Waals surface area contributed by atoms with Crippen LogP contribution in [-0.2, 0) is 17.1 Å². The van der Waals surface area contributed by atoms with Crippen molar-refractivity contribution in [3.63, 3.8) is 0 Å². The fourth-order valence-corrected chi connectivity index (χ4v) is 1.82. The van der Waals surface area contributed by atoms with Gasteiger partial charge < -0.3 is 10.0 Å². The van der Waals surface area contributed by atoms with Crippen molar-refractivity contribution in [1.29, 1.82) is 0 Å². The molecule has 1 aromatic rings. The van der Waals surface area contributed by atoms with E-state index in [0.717, 1.165) is 12.0 Å². The van der Waals surface area contributed by atoms with E-state index in [4.69, 9.17) is 0 Å². The van der Waals surface area contributed by atoms with Crippen LogP contribution in [0.25, 0.3) is 0 Å². The summed E-state index contributed by atoms with van der Waals surface area (Å²) < 4.78 is 0. The van der Waals surface area contributed by atoms with Crippen molar-refractivity contribution in [1.82, 2.24) is 4.90 Å². The zero-order valence-electron chi connectivity index (χ0n) is 12.5. The average molecular weight is 314 g/mol. The minimum absolute atomic E-state index is 0. The Morgan fingerprint density at radius 3 is 2.35 bits per heavy atom. The van der Waals surface area contributed by atoms with Crippen molar-refractivity contribution in [2.75, 3.05) is 14.1 Å². The molecular weight excluding hydrogens is 290 g/mol. The molecule has 0 unspecified atom stereocenters. The number of aliphatic hydroxyl groups is 1. The van der Waals surface area contributed by atoms with Gasteiger partial charge in [0, 0.05) is 36.7 Å². The van der Waals surface area contributed by atoms with E-state index in [9.17, 15) is 5.11 Å². The molecule has 1 aliphatic carbocycles. The summed E-state index contributed by atoms with van der Waals surface area (Å²) in [5.74, 6) is 0.362. The van der Waals surface area contributed by atoms with Gasteiger partial charge in [0.15, 0.2) is 5.88 Å². The summed E-state index contributed by atoms with van der Waals surface area (Å²) in [6.07, 6.45) is 9.48. The second-order valence-corrected chi connectivity index (χ2v) is 4.75. The first kappa shape index (κ1) is 18.7. The van der Waals surface area contributed by atoms with Crippen LogP contribution in [0.2, 0.25) is 0 Å². The first-order chi connectivity index (χ1) is 9.16. The van der Waals surface area contributed by atoms with Gasteiger partial charge in [-0.1, -0.05) is 25.5 Å². The molecule has 0 aliphatic heterocycles. The van der Waals surface area contributed by atoms with Crippen LogP contribution in [0.3, 0.4) is 0 Å². The molecule has 2 nitrogen and oxygen atoms in total. The Bertz CT molecular complexity index is 424. The predicted molar refractivity (Wildman–Crippen MR) is 82.1 cm³/mol. The summed E-state index contributed by atoms with van der Waals surface area (Å²) in [6, 6.07) is 10.0. The Labute approximate surface area is 133 Å². The monoisotopic (exact) mass is 314 g/mol. The summed E-state index contributed by atoms with van der Waals surface area (Å²) in [7, 11) is 3.71. The van der Waals surface area contributed by atoms with E-state index in [0.29, 0.717) is 5.88 Å². The molecule has 0 spiro atoms. The maximum Gasteiger partial charge on any atom is 0.194 e. The van der Waals surface area contributed by atoms with Gasteiger partial charge in [-0.15, -0.1) is 0 Å². The molecule has 0 heterocycles. The predicted octanol–water partition coefficient (Wildman–Crippen LogP) is 4.41. The Morgan fingerprint density at radius 1 is 1.25 bits per heavy atom. The van der Waals surface area contributed by atoms with Crippen molar-refractivity contribution in [3.8, 4) is 0 Å². The molecule has 112 valence electrons. The Hall–Kier alpha value is -1.31. The molecule has 0 saturated heterocycles. The smallest absolute Gasteiger partial charge is 0.194 e. The first-order valence-electron chi connectivity index (χ1n) is 6.81. The van der Waals surface area contributed by atoms with Crippen molar-refractivity contribution in [2.45, 2.75) is 26.2 Å². The van der Waals surface area contributed by atoms with Crippen LogP contribution in [0.4, 0.5) is 0 Å². The molecule has 1 aromatic carbocycles. The minimum atomic E-state index is 0. The average Bonchev–Trinajstić information content (AvgIpc) is 3.09. The summed E-state index contributed by atoms with van der Waals surface area (Å²) in [4.78, 5) is 1.74. The van der Waals surface area contributed by atoms with Crippen LogP contribution in [0.5, 0.6) is 0 Å². The van der Waals surface area contributed by atoms with Crippen LogP contribution >= 0.6 is 0 Å². The van der Waals surface area contributed by atoms with Crippen LogP contribution < -0.4 is 0 Å². The van der Waals surface area contributed by atoms with Crippen LogP contribution in [0.15, 0.2) is 65.6 Å². The van der Waals surface area contributed by atoms with Gasteiger partial charge in [-0.05, 0) is 24.5 Å². The normalized spacial score (nSPS) is 14.8. The number of rotatable bonds is 4. The molecule has 0 aromatic heterocycles. The third-order valence-electron chi connectivity index (χ3n) is 2.93. The maximum atomic E-state index is 9.81.